The number of para-hydroxylation sites is 1. The second kappa shape index (κ2) is 10.4. The number of anilines is 1. The average molecular weight is 507 g/mol. The first-order valence-electron chi connectivity index (χ1n) is 10.9. The van der Waals surface area contributed by atoms with Crippen molar-refractivity contribution in [2.24, 2.45) is 0 Å². The van der Waals surface area contributed by atoms with Gasteiger partial charge in [0.15, 0.2) is 0 Å². The zero-order chi connectivity index (χ0) is 25.0. The SMILES string of the molecule is CSc1ccc(S(=O)(=O)N(C)c2ccc(C(=O)NCc3ccccc3-n3ccnc3C)cc2)cc1. The molecular formula is C26H26N4O3S2. The molecule has 0 aliphatic carbocycles. The Hall–Kier alpha value is -3.56. The second-order valence-corrected chi connectivity index (χ2v) is 10.7. The van der Waals surface area contributed by atoms with Gasteiger partial charge in [0.2, 0.25) is 0 Å². The summed E-state index contributed by atoms with van der Waals surface area (Å²) < 4.78 is 29.2. The van der Waals surface area contributed by atoms with Crippen molar-refractivity contribution in [1.82, 2.24) is 14.9 Å². The first kappa shape index (κ1) is 24.6. The van der Waals surface area contributed by atoms with Gasteiger partial charge >= 0.3 is 0 Å². The number of benzene rings is 3. The van der Waals surface area contributed by atoms with Crippen LogP contribution in [0.2, 0.25) is 0 Å². The molecule has 35 heavy (non-hydrogen) atoms. The lowest BCUT2D eigenvalue weighted by atomic mass is 10.1. The predicted octanol–water partition coefficient (Wildman–Crippen LogP) is 4.66. The van der Waals surface area contributed by atoms with Crippen molar-refractivity contribution < 1.29 is 13.2 Å². The number of hydrogen-bond donors (Lipinski definition) is 1. The van der Waals surface area contributed by atoms with Crippen molar-refractivity contribution in [3.8, 4) is 5.69 Å². The van der Waals surface area contributed by atoms with Crippen molar-refractivity contribution in [2.45, 2.75) is 23.3 Å². The summed E-state index contributed by atoms with van der Waals surface area (Å²) >= 11 is 1.55. The highest BCUT2D eigenvalue weighted by atomic mass is 32.2. The molecule has 4 rings (SSSR count). The number of imidazole rings is 1. The maximum absolute atomic E-state index is 13.0. The molecule has 0 unspecified atom stereocenters. The quantitative estimate of drug-likeness (QED) is 0.352. The third-order valence-electron chi connectivity index (χ3n) is 5.73. The van der Waals surface area contributed by atoms with Crippen molar-refractivity contribution in [2.75, 3.05) is 17.6 Å². The summed E-state index contributed by atoms with van der Waals surface area (Å²) in [4.78, 5) is 18.3. The third-order valence-corrected chi connectivity index (χ3v) is 8.27. The highest BCUT2D eigenvalue weighted by Crippen LogP contribution is 2.24. The molecule has 4 aromatic rings. The first-order valence-corrected chi connectivity index (χ1v) is 13.6. The summed E-state index contributed by atoms with van der Waals surface area (Å²) in [6.45, 7) is 2.27. The molecule has 7 nitrogen and oxygen atoms in total. The van der Waals surface area contributed by atoms with E-state index < -0.39 is 10.0 Å². The fourth-order valence-electron chi connectivity index (χ4n) is 3.67. The van der Waals surface area contributed by atoms with E-state index in [2.05, 4.69) is 10.3 Å². The molecule has 1 amide bonds. The van der Waals surface area contributed by atoms with Gasteiger partial charge in [-0.25, -0.2) is 13.4 Å². The summed E-state index contributed by atoms with van der Waals surface area (Å²) in [5.74, 6) is 0.616. The topological polar surface area (TPSA) is 84.3 Å². The lowest BCUT2D eigenvalue weighted by Gasteiger charge is -2.20. The average Bonchev–Trinajstić information content (AvgIpc) is 3.32. The summed E-state index contributed by atoms with van der Waals surface area (Å²) in [7, 11) is -2.21. The number of carbonyl (C=O) groups is 1. The van der Waals surface area contributed by atoms with E-state index in [0.29, 0.717) is 17.8 Å². The number of thioether (sulfide) groups is 1. The smallest absolute Gasteiger partial charge is 0.264 e. The molecule has 0 saturated carbocycles. The molecule has 0 radical (unpaired) electrons. The standard InChI is InChI=1S/C26H26N4O3S2/c1-19-27-16-17-30(19)25-7-5-4-6-21(25)18-28-26(31)20-8-10-22(11-9-20)29(2)35(32,33)24-14-12-23(34-3)13-15-24/h4-17H,18H2,1-3H3,(H,28,31). The van der Waals surface area contributed by atoms with Crippen LogP contribution in [-0.4, -0.2) is 37.2 Å². The zero-order valence-electron chi connectivity index (χ0n) is 19.7. The molecular weight excluding hydrogens is 480 g/mol. The molecule has 1 heterocycles. The molecule has 0 fully saturated rings. The van der Waals surface area contributed by atoms with Crippen LogP contribution >= 0.6 is 11.8 Å². The Balaban J connectivity index is 1.45. The second-order valence-electron chi connectivity index (χ2n) is 7.85. The normalized spacial score (nSPS) is 11.3. The number of rotatable bonds is 8. The number of carbonyl (C=O) groups excluding carboxylic acids is 1. The van der Waals surface area contributed by atoms with Gasteiger partial charge in [-0.1, -0.05) is 18.2 Å². The van der Waals surface area contributed by atoms with Gasteiger partial charge < -0.3 is 9.88 Å². The molecule has 0 aliphatic rings. The Morgan fingerprint density at radius 3 is 2.34 bits per heavy atom. The number of aromatic nitrogens is 2. The minimum absolute atomic E-state index is 0.214. The molecule has 0 bridgehead atoms. The van der Waals surface area contributed by atoms with Gasteiger partial charge in [0, 0.05) is 36.4 Å². The Kier molecular flexibility index (Phi) is 7.28. The maximum atomic E-state index is 13.0. The van der Waals surface area contributed by atoms with Crippen molar-refractivity contribution in [1.29, 1.82) is 0 Å². The van der Waals surface area contributed by atoms with Crippen molar-refractivity contribution in [3.63, 3.8) is 0 Å². The Morgan fingerprint density at radius 2 is 1.71 bits per heavy atom. The van der Waals surface area contributed by atoms with Crippen molar-refractivity contribution >= 4 is 33.4 Å². The van der Waals surface area contributed by atoms with Crippen LogP contribution in [0.3, 0.4) is 0 Å². The van der Waals surface area contributed by atoms with E-state index in [1.54, 1.807) is 66.5 Å². The van der Waals surface area contributed by atoms with Crippen LogP contribution in [0.4, 0.5) is 5.69 Å². The van der Waals surface area contributed by atoms with Crippen molar-refractivity contribution in [3.05, 3.63) is 102 Å². The maximum Gasteiger partial charge on any atom is 0.264 e. The lowest BCUT2D eigenvalue weighted by molar-refractivity contribution is 0.0951. The van der Waals surface area contributed by atoms with Crippen LogP contribution < -0.4 is 9.62 Å². The molecule has 1 N–H and O–H groups in total. The van der Waals surface area contributed by atoms with Crippen LogP contribution in [-0.2, 0) is 16.6 Å². The number of nitrogens with zero attached hydrogens (tertiary/aromatic N) is 3. The Labute approximate surface area is 209 Å². The summed E-state index contributed by atoms with van der Waals surface area (Å²) in [5.41, 5.74) is 2.82. The summed E-state index contributed by atoms with van der Waals surface area (Å²) in [6, 6.07) is 21.1. The largest absolute Gasteiger partial charge is 0.348 e. The molecule has 0 aliphatic heterocycles. The number of amides is 1. The number of nitrogens with one attached hydrogen (secondary N) is 1. The van der Waals surface area contributed by atoms with Gasteiger partial charge in [0.25, 0.3) is 15.9 Å². The first-order chi connectivity index (χ1) is 16.8. The number of sulfonamides is 1. The fraction of sp³-hybridized carbons (Fsp3) is 0.154. The van der Waals surface area contributed by atoms with Crippen LogP contribution in [0.5, 0.6) is 0 Å². The molecule has 3 aromatic carbocycles. The highest BCUT2D eigenvalue weighted by Gasteiger charge is 2.21. The molecule has 180 valence electrons. The van der Waals surface area contributed by atoms with Gasteiger partial charge in [0.05, 0.1) is 16.3 Å². The van der Waals surface area contributed by atoms with Gasteiger partial charge in [-0.3, -0.25) is 9.10 Å². The summed E-state index contributed by atoms with van der Waals surface area (Å²) in [6.07, 6.45) is 5.56. The highest BCUT2D eigenvalue weighted by molar-refractivity contribution is 7.98. The van der Waals surface area contributed by atoms with Crippen LogP contribution in [0.1, 0.15) is 21.7 Å². The summed E-state index contributed by atoms with van der Waals surface area (Å²) in [5, 5.41) is 2.95. The van der Waals surface area contributed by atoms with E-state index in [1.165, 1.54) is 11.4 Å². The molecule has 0 spiro atoms. The Morgan fingerprint density at radius 1 is 1.03 bits per heavy atom. The van der Waals surface area contributed by atoms with Gasteiger partial charge in [0.1, 0.15) is 5.82 Å². The van der Waals surface area contributed by atoms with Gasteiger partial charge in [-0.2, -0.15) is 0 Å². The molecule has 0 saturated heterocycles. The lowest BCUT2D eigenvalue weighted by Crippen LogP contribution is -2.27. The van der Waals surface area contributed by atoms with E-state index in [9.17, 15) is 13.2 Å². The van der Waals surface area contributed by atoms with Crippen LogP contribution in [0.15, 0.2) is 95.0 Å². The monoisotopic (exact) mass is 506 g/mol. The van der Waals surface area contributed by atoms with E-state index in [1.807, 2.05) is 48.2 Å². The van der Waals surface area contributed by atoms with Gasteiger partial charge in [-0.15, -0.1) is 11.8 Å². The molecule has 9 heteroatoms. The zero-order valence-corrected chi connectivity index (χ0v) is 21.3. The molecule has 0 atom stereocenters. The van der Waals surface area contributed by atoms with Crippen LogP contribution in [0, 0.1) is 6.92 Å². The number of aryl methyl sites for hydroxylation is 1. The van der Waals surface area contributed by atoms with Crippen LogP contribution in [0.25, 0.3) is 5.69 Å². The van der Waals surface area contributed by atoms with Gasteiger partial charge in [-0.05, 0) is 73.3 Å². The van der Waals surface area contributed by atoms with E-state index >= 15 is 0 Å². The molecule has 1 aromatic heterocycles. The minimum Gasteiger partial charge on any atom is -0.348 e. The van der Waals surface area contributed by atoms with E-state index in [4.69, 9.17) is 0 Å². The van der Waals surface area contributed by atoms with E-state index in [-0.39, 0.29) is 10.8 Å². The Bertz CT molecular complexity index is 1430. The van der Waals surface area contributed by atoms with E-state index in [0.717, 1.165) is 22.0 Å². The third kappa shape index (κ3) is 5.26. The number of hydrogen-bond acceptors (Lipinski definition) is 5. The predicted molar refractivity (Wildman–Crippen MR) is 140 cm³/mol. The fourth-order valence-corrected chi connectivity index (χ4v) is 5.28. The minimum atomic E-state index is -3.71.